The van der Waals surface area contributed by atoms with Crippen molar-refractivity contribution in [2.24, 2.45) is 0 Å². The zero-order valence-corrected chi connectivity index (χ0v) is 10.6. The van der Waals surface area contributed by atoms with E-state index in [9.17, 15) is 8.42 Å². The number of benzene rings is 1. The molecule has 0 bridgehead atoms. The van der Waals surface area contributed by atoms with Crippen LogP contribution >= 0.6 is 10.7 Å². The van der Waals surface area contributed by atoms with E-state index in [-0.39, 0.29) is 4.90 Å². The van der Waals surface area contributed by atoms with Crippen LogP contribution in [0.5, 0.6) is 0 Å². The number of H-pyrrole nitrogens is 1. The smallest absolute Gasteiger partial charge is 0.263 e. The van der Waals surface area contributed by atoms with Gasteiger partial charge in [-0.05, 0) is 25.0 Å². The van der Waals surface area contributed by atoms with Crippen LogP contribution in [0.1, 0.15) is 31.0 Å². The zero-order valence-electron chi connectivity index (χ0n) is 8.98. The van der Waals surface area contributed by atoms with Gasteiger partial charge < -0.3 is 4.98 Å². The van der Waals surface area contributed by atoms with Crippen molar-refractivity contribution >= 4 is 30.8 Å². The number of imidazole rings is 1. The van der Waals surface area contributed by atoms with Crippen molar-refractivity contribution in [1.29, 1.82) is 0 Å². The number of nitrogens with one attached hydrogen (secondary N) is 1. The van der Waals surface area contributed by atoms with Crippen molar-refractivity contribution in [2.45, 2.75) is 30.1 Å². The van der Waals surface area contributed by atoms with Crippen molar-refractivity contribution < 1.29 is 8.42 Å². The molecule has 0 radical (unpaired) electrons. The molecule has 0 saturated heterocycles. The predicted molar refractivity (Wildman–Crippen MR) is 65.7 cm³/mol. The van der Waals surface area contributed by atoms with E-state index in [2.05, 4.69) is 9.97 Å². The molecule has 2 aromatic rings. The molecule has 90 valence electrons. The molecule has 6 heteroatoms. The number of aromatic nitrogens is 2. The molecule has 1 saturated carbocycles. The topological polar surface area (TPSA) is 62.8 Å². The Morgan fingerprint density at radius 3 is 2.71 bits per heavy atom. The van der Waals surface area contributed by atoms with Crippen molar-refractivity contribution in [3.05, 3.63) is 24.0 Å². The van der Waals surface area contributed by atoms with Gasteiger partial charge in [0.15, 0.2) is 0 Å². The maximum absolute atomic E-state index is 11.4. The summed E-state index contributed by atoms with van der Waals surface area (Å²) in [6.45, 7) is 0. The van der Waals surface area contributed by atoms with Crippen LogP contribution in [0.4, 0.5) is 0 Å². The van der Waals surface area contributed by atoms with Crippen LogP contribution in [0.2, 0.25) is 0 Å². The molecule has 0 amide bonds. The average Bonchev–Trinajstić information content (AvgIpc) is 2.55. The number of fused-ring (bicyclic) bond motifs is 1. The summed E-state index contributed by atoms with van der Waals surface area (Å²) in [7, 11) is 1.65. The van der Waals surface area contributed by atoms with E-state index in [4.69, 9.17) is 10.7 Å². The zero-order chi connectivity index (χ0) is 12.0. The molecular formula is C11H11ClN2O2S. The van der Waals surface area contributed by atoms with Gasteiger partial charge in [-0.2, -0.15) is 0 Å². The van der Waals surface area contributed by atoms with Crippen molar-refractivity contribution in [3.8, 4) is 0 Å². The van der Waals surface area contributed by atoms with Crippen LogP contribution < -0.4 is 0 Å². The van der Waals surface area contributed by atoms with Gasteiger partial charge in [0.2, 0.25) is 0 Å². The maximum Gasteiger partial charge on any atom is 0.263 e. The minimum absolute atomic E-state index is 0.0819. The van der Waals surface area contributed by atoms with Crippen LogP contribution in [0.3, 0.4) is 0 Å². The van der Waals surface area contributed by atoms with Crippen LogP contribution in [0, 0.1) is 0 Å². The van der Waals surface area contributed by atoms with Crippen LogP contribution in [-0.2, 0) is 9.05 Å². The van der Waals surface area contributed by atoms with E-state index < -0.39 is 9.05 Å². The Hall–Kier alpha value is -1.07. The summed E-state index contributed by atoms with van der Waals surface area (Å²) in [5.41, 5.74) is 1.18. The first kappa shape index (κ1) is 11.0. The second-order valence-electron chi connectivity index (χ2n) is 4.34. The van der Waals surface area contributed by atoms with E-state index >= 15 is 0 Å². The standard InChI is InChI=1S/C11H11ClN2O2S/c12-17(15,16)9-6-2-5-8-10(9)14-11(13-8)7-3-1-4-7/h2,5-7H,1,3-4H2,(H,13,14). The molecule has 1 aromatic heterocycles. The van der Waals surface area contributed by atoms with Crippen molar-refractivity contribution in [1.82, 2.24) is 9.97 Å². The summed E-state index contributed by atoms with van der Waals surface area (Å²) in [4.78, 5) is 7.64. The number of para-hydroxylation sites is 1. The molecule has 0 atom stereocenters. The second kappa shape index (κ2) is 3.71. The summed E-state index contributed by atoms with van der Waals surface area (Å²) < 4.78 is 22.8. The molecule has 3 rings (SSSR count). The quantitative estimate of drug-likeness (QED) is 0.854. The fourth-order valence-corrected chi connectivity index (χ4v) is 3.10. The summed E-state index contributed by atoms with van der Waals surface area (Å²) in [6, 6.07) is 4.96. The number of hydrogen-bond donors (Lipinski definition) is 1. The lowest BCUT2D eigenvalue weighted by Crippen LogP contribution is -2.10. The lowest BCUT2D eigenvalue weighted by Gasteiger charge is -2.22. The molecule has 1 aliphatic carbocycles. The highest BCUT2D eigenvalue weighted by atomic mass is 35.7. The Kier molecular flexibility index (Phi) is 2.41. The summed E-state index contributed by atoms with van der Waals surface area (Å²) in [5, 5.41) is 0. The molecule has 0 aliphatic heterocycles. The molecule has 1 N–H and O–H groups in total. The SMILES string of the molecule is O=S(=O)(Cl)c1cccc2[nH]c(C3CCC3)nc12. The molecule has 17 heavy (non-hydrogen) atoms. The van der Waals surface area contributed by atoms with E-state index in [1.165, 1.54) is 12.5 Å². The fraction of sp³-hybridized carbons (Fsp3) is 0.364. The lowest BCUT2D eigenvalue weighted by atomic mass is 9.85. The second-order valence-corrected chi connectivity index (χ2v) is 6.87. The first-order valence-electron chi connectivity index (χ1n) is 5.49. The Morgan fingerprint density at radius 1 is 1.35 bits per heavy atom. The van der Waals surface area contributed by atoms with Gasteiger partial charge in [-0.1, -0.05) is 12.5 Å². The fourth-order valence-electron chi connectivity index (χ4n) is 2.10. The maximum atomic E-state index is 11.4. The van der Waals surface area contributed by atoms with E-state index in [1.807, 2.05) is 6.07 Å². The third-order valence-electron chi connectivity index (χ3n) is 3.25. The average molecular weight is 271 g/mol. The van der Waals surface area contributed by atoms with Crippen molar-refractivity contribution in [2.75, 3.05) is 0 Å². The molecule has 1 aromatic carbocycles. The minimum atomic E-state index is -3.74. The normalized spacial score (nSPS) is 17.2. The highest BCUT2D eigenvalue weighted by Gasteiger charge is 2.24. The molecule has 4 nitrogen and oxygen atoms in total. The summed E-state index contributed by atoms with van der Waals surface area (Å²) >= 11 is 0. The summed E-state index contributed by atoms with van der Waals surface area (Å²) in [6.07, 6.45) is 3.44. The van der Waals surface area contributed by atoms with Gasteiger partial charge in [0.05, 0.1) is 5.52 Å². The van der Waals surface area contributed by atoms with Gasteiger partial charge >= 0.3 is 0 Å². The third kappa shape index (κ3) is 1.83. The number of aromatic amines is 1. The van der Waals surface area contributed by atoms with Crippen molar-refractivity contribution in [3.63, 3.8) is 0 Å². The van der Waals surface area contributed by atoms with Gasteiger partial charge in [-0.15, -0.1) is 0 Å². The summed E-state index contributed by atoms with van der Waals surface area (Å²) in [5.74, 6) is 1.31. The van der Waals surface area contributed by atoms with Gasteiger partial charge in [-0.25, -0.2) is 13.4 Å². The van der Waals surface area contributed by atoms with E-state index in [0.717, 1.165) is 24.2 Å². The van der Waals surface area contributed by atoms with Gasteiger partial charge in [0, 0.05) is 16.6 Å². The Balaban J connectivity index is 2.21. The predicted octanol–water partition coefficient (Wildman–Crippen LogP) is 2.76. The van der Waals surface area contributed by atoms with Crippen LogP contribution in [0.25, 0.3) is 11.0 Å². The third-order valence-corrected chi connectivity index (χ3v) is 4.60. The first-order valence-corrected chi connectivity index (χ1v) is 7.80. The van der Waals surface area contributed by atoms with Gasteiger partial charge in [0.1, 0.15) is 16.2 Å². The molecule has 0 spiro atoms. The highest BCUT2D eigenvalue weighted by molar-refractivity contribution is 8.14. The monoisotopic (exact) mass is 270 g/mol. The number of nitrogens with zero attached hydrogens (tertiary/aromatic N) is 1. The van der Waals surface area contributed by atoms with E-state index in [0.29, 0.717) is 11.4 Å². The lowest BCUT2D eigenvalue weighted by molar-refractivity contribution is 0.404. The number of halogens is 1. The Bertz CT molecular complexity index is 674. The molecular weight excluding hydrogens is 260 g/mol. The number of rotatable bonds is 2. The Morgan fingerprint density at radius 2 is 2.12 bits per heavy atom. The molecule has 0 unspecified atom stereocenters. The molecule has 1 heterocycles. The van der Waals surface area contributed by atoms with Gasteiger partial charge in [-0.3, -0.25) is 0 Å². The molecule has 1 fully saturated rings. The number of hydrogen-bond acceptors (Lipinski definition) is 3. The van der Waals surface area contributed by atoms with Gasteiger partial charge in [0.25, 0.3) is 9.05 Å². The van der Waals surface area contributed by atoms with E-state index in [1.54, 1.807) is 6.07 Å². The van der Waals surface area contributed by atoms with Crippen LogP contribution in [0.15, 0.2) is 23.1 Å². The minimum Gasteiger partial charge on any atom is -0.342 e. The highest BCUT2D eigenvalue weighted by Crippen LogP contribution is 2.36. The largest absolute Gasteiger partial charge is 0.342 e. The molecule has 1 aliphatic rings. The Labute approximate surface area is 103 Å². The first-order chi connectivity index (χ1) is 8.05. The van der Waals surface area contributed by atoms with Crippen LogP contribution in [-0.4, -0.2) is 18.4 Å².